The molecule has 0 saturated carbocycles. The number of hydrogen-bond donors (Lipinski definition) is 0. The Balaban J connectivity index is 1.16. The van der Waals surface area contributed by atoms with E-state index in [1.54, 1.807) is 0 Å². The highest BCUT2D eigenvalue weighted by molar-refractivity contribution is 6.10. The summed E-state index contributed by atoms with van der Waals surface area (Å²) in [6.07, 6.45) is 0. The van der Waals surface area contributed by atoms with Crippen molar-refractivity contribution in [1.82, 2.24) is 0 Å². The summed E-state index contributed by atoms with van der Waals surface area (Å²) in [6, 6.07) is 49.3. The average Bonchev–Trinajstić information content (AvgIpc) is 3.67. The van der Waals surface area contributed by atoms with Gasteiger partial charge in [0.15, 0.2) is 5.58 Å². The molecular weight excluding hydrogens is 595 g/mol. The van der Waals surface area contributed by atoms with E-state index in [4.69, 9.17) is 4.42 Å². The Bertz CT molecular complexity index is 2690. The van der Waals surface area contributed by atoms with Crippen LogP contribution >= 0.6 is 0 Å². The number of aryl methyl sites for hydroxylation is 1. The molecule has 8 aromatic rings. The summed E-state index contributed by atoms with van der Waals surface area (Å²) in [6.45, 7) is 11.7. The lowest BCUT2D eigenvalue weighted by molar-refractivity contribution is 0.652. The van der Waals surface area contributed by atoms with E-state index in [9.17, 15) is 0 Å². The molecule has 0 bridgehead atoms. The number of para-hydroxylation sites is 2. The fraction of sp³-hybridized carbons (Fsp3) is 0.149. The second-order valence-corrected chi connectivity index (χ2v) is 15.1. The third-order valence-corrected chi connectivity index (χ3v) is 11.5. The van der Waals surface area contributed by atoms with E-state index < -0.39 is 0 Å². The van der Waals surface area contributed by atoms with Crippen LogP contribution in [0.4, 0.5) is 17.1 Å². The van der Waals surface area contributed by atoms with Gasteiger partial charge in [0.05, 0.1) is 5.69 Å². The van der Waals surface area contributed by atoms with E-state index in [0.29, 0.717) is 0 Å². The zero-order valence-electron chi connectivity index (χ0n) is 28.6. The van der Waals surface area contributed by atoms with Crippen molar-refractivity contribution in [3.8, 4) is 22.3 Å². The van der Waals surface area contributed by atoms with Gasteiger partial charge in [0.2, 0.25) is 0 Å². The molecular formula is C47H37NO. The van der Waals surface area contributed by atoms with E-state index in [1.807, 2.05) is 6.07 Å². The molecule has 2 aliphatic rings. The van der Waals surface area contributed by atoms with Gasteiger partial charge in [0.1, 0.15) is 5.58 Å². The van der Waals surface area contributed by atoms with Crippen LogP contribution in [-0.4, -0.2) is 0 Å². The molecule has 0 aliphatic heterocycles. The minimum atomic E-state index is -0.123. The van der Waals surface area contributed by atoms with E-state index in [2.05, 4.69) is 167 Å². The number of benzene rings is 7. The first-order valence-electron chi connectivity index (χ1n) is 17.3. The van der Waals surface area contributed by atoms with Crippen LogP contribution in [0.1, 0.15) is 55.5 Å². The highest BCUT2D eigenvalue weighted by Gasteiger charge is 2.41. The molecule has 49 heavy (non-hydrogen) atoms. The summed E-state index contributed by atoms with van der Waals surface area (Å²) in [7, 11) is 0. The summed E-state index contributed by atoms with van der Waals surface area (Å²) in [5, 5.41) is 4.75. The van der Waals surface area contributed by atoms with Crippen molar-refractivity contribution in [3.05, 3.63) is 161 Å². The quantitative estimate of drug-likeness (QED) is 0.193. The molecule has 0 unspecified atom stereocenters. The summed E-state index contributed by atoms with van der Waals surface area (Å²) in [5.74, 6) is 0. The maximum atomic E-state index is 6.58. The number of rotatable bonds is 3. The van der Waals surface area contributed by atoms with Gasteiger partial charge >= 0.3 is 0 Å². The first-order chi connectivity index (χ1) is 23.7. The molecule has 0 saturated heterocycles. The van der Waals surface area contributed by atoms with Crippen molar-refractivity contribution < 1.29 is 4.42 Å². The maximum absolute atomic E-state index is 6.58. The molecule has 0 atom stereocenters. The Hall–Kier alpha value is -5.60. The van der Waals surface area contributed by atoms with E-state index in [-0.39, 0.29) is 10.8 Å². The Morgan fingerprint density at radius 2 is 1.12 bits per heavy atom. The van der Waals surface area contributed by atoms with Crippen molar-refractivity contribution in [2.45, 2.75) is 45.4 Å². The van der Waals surface area contributed by atoms with Crippen LogP contribution in [0.15, 0.2) is 138 Å². The molecule has 0 amide bonds. The lowest BCUT2D eigenvalue weighted by Gasteiger charge is -2.26. The van der Waals surface area contributed by atoms with Crippen LogP contribution in [0, 0.1) is 6.92 Å². The van der Waals surface area contributed by atoms with Crippen LogP contribution in [0.25, 0.3) is 55.0 Å². The molecule has 0 spiro atoms. The van der Waals surface area contributed by atoms with Crippen LogP contribution in [-0.2, 0) is 10.8 Å². The molecule has 236 valence electrons. The van der Waals surface area contributed by atoms with Gasteiger partial charge in [-0.2, -0.15) is 0 Å². The summed E-state index contributed by atoms with van der Waals surface area (Å²) < 4.78 is 6.58. The Morgan fingerprint density at radius 3 is 1.96 bits per heavy atom. The topological polar surface area (TPSA) is 16.4 Å². The van der Waals surface area contributed by atoms with Gasteiger partial charge in [-0.15, -0.1) is 0 Å². The lowest BCUT2D eigenvalue weighted by Crippen LogP contribution is -2.17. The van der Waals surface area contributed by atoms with Crippen molar-refractivity contribution in [3.63, 3.8) is 0 Å². The smallest absolute Gasteiger partial charge is 0.159 e. The molecule has 0 N–H and O–H groups in total. The third kappa shape index (κ3) is 3.89. The van der Waals surface area contributed by atoms with Gasteiger partial charge in [-0.3, -0.25) is 0 Å². The fourth-order valence-corrected chi connectivity index (χ4v) is 8.90. The molecule has 2 aliphatic carbocycles. The zero-order chi connectivity index (χ0) is 33.2. The second kappa shape index (κ2) is 9.74. The van der Waals surface area contributed by atoms with Gasteiger partial charge in [-0.05, 0) is 128 Å². The van der Waals surface area contributed by atoms with Gasteiger partial charge in [0.25, 0.3) is 0 Å². The highest BCUT2D eigenvalue weighted by atomic mass is 16.3. The predicted octanol–water partition coefficient (Wildman–Crippen LogP) is 13.1. The van der Waals surface area contributed by atoms with E-state index in [0.717, 1.165) is 39.0 Å². The number of furan rings is 1. The molecule has 2 nitrogen and oxygen atoms in total. The number of nitrogens with zero attached hydrogens (tertiary/aromatic N) is 1. The second-order valence-electron chi connectivity index (χ2n) is 15.1. The highest BCUT2D eigenvalue weighted by Crippen LogP contribution is 2.56. The van der Waals surface area contributed by atoms with Crippen LogP contribution < -0.4 is 4.90 Å². The summed E-state index contributed by atoms with van der Waals surface area (Å²) >= 11 is 0. The van der Waals surface area contributed by atoms with Gasteiger partial charge in [-0.25, -0.2) is 0 Å². The van der Waals surface area contributed by atoms with Crippen LogP contribution in [0.5, 0.6) is 0 Å². The molecule has 0 fully saturated rings. The van der Waals surface area contributed by atoms with Crippen molar-refractivity contribution in [2.75, 3.05) is 4.90 Å². The monoisotopic (exact) mass is 631 g/mol. The van der Waals surface area contributed by atoms with E-state index >= 15 is 0 Å². The number of anilines is 3. The molecule has 10 rings (SSSR count). The standard InChI is InChI=1S/C47H37NO/c1-28-12-10-13-31(22-28)48(43-18-11-16-35-34-15-7-9-19-44(34)49-45(35)43)32-21-20-29-24-36-38-27-41-37(33-14-6-8-17-39(33)46(41,2)3)26-42(38)47(4,5)40(36)25-30(29)23-32/h6-27H,1-5H3. The van der Waals surface area contributed by atoms with Crippen LogP contribution in [0.3, 0.4) is 0 Å². The zero-order valence-corrected chi connectivity index (χ0v) is 28.6. The first-order valence-corrected chi connectivity index (χ1v) is 17.3. The van der Waals surface area contributed by atoms with Crippen molar-refractivity contribution in [2.24, 2.45) is 0 Å². The lowest BCUT2D eigenvalue weighted by atomic mass is 9.79. The Morgan fingerprint density at radius 1 is 0.469 bits per heavy atom. The van der Waals surface area contributed by atoms with E-state index in [1.165, 1.54) is 60.8 Å². The fourth-order valence-electron chi connectivity index (χ4n) is 8.90. The van der Waals surface area contributed by atoms with Crippen LogP contribution in [0.2, 0.25) is 0 Å². The van der Waals surface area contributed by atoms with Gasteiger partial charge in [0, 0.05) is 33.0 Å². The minimum Gasteiger partial charge on any atom is -0.454 e. The molecule has 1 heterocycles. The van der Waals surface area contributed by atoms with Gasteiger partial charge in [-0.1, -0.05) is 100 Å². The minimum absolute atomic E-state index is 0.0262. The number of fused-ring (bicyclic) bond motifs is 10. The maximum Gasteiger partial charge on any atom is 0.159 e. The molecule has 1 aromatic heterocycles. The number of hydrogen-bond acceptors (Lipinski definition) is 2. The normalized spacial score (nSPS) is 15.0. The average molecular weight is 632 g/mol. The molecule has 2 heteroatoms. The van der Waals surface area contributed by atoms with Crippen molar-refractivity contribution >= 4 is 49.8 Å². The predicted molar refractivity (Wildman–Crippen MR) is 206 cm³/mol. The SMILES string of the molecule is Cc1cccc(N(c2ccc3cc4c(cc3c2)C(C)(C)c2cc3c(cc2-4)C(C)(C)c2ccccc2-3)c2cccc3c2oc2ccccc23)c1. The summed E-state index contributed by atoms with van der Waals surface area (Å²) in [5.41, 5.74) is 17.3. The largest absolute Gasteiger partial charge is 0.454 e. The summed E-state index contributed by atoms with van der Waals surface area (Å²) in [4.78, 5) is 2.36. The molecule has 0 radical (unpaired) electrons. The van der Waals surface area contributed by atoms with Crippen molar-refractivity contribution in [1.29, 1.82) is 0 Å². The first kappa shape index (κ1) is 28.4. The van der Waals surface area contributed by atoms with Gasteiger partial charge < -0.3 is 9.32 Å². The molecule has 7 aromatic carbocycles. The third-order valence-electron chi connectivity index (χ3n) is 11.5. The Labute approximate surface area is 287 Å². The Kier molecular flexibility index (Phi) is 5.65.